The number of rotatable bonds is 3. The molecule has 0 aromatic rings. The summed E-state index contributed by atoms with van der Waals surface area (Å²) in [6.45, 7) is 0.441. The van der Waals surface area contributed by atoms with Gasteiger partial charge in [-0.1, -0.05) is 12.8 Å². The molecule has 1 aliphatic carbocycles. The van der Waals surface area contributed by atoms with E-state index in [-0.39, 0.29) is 18.8 Å². The summed E-state index contributed by atoms with van der Waals surface area (Å²) in [7, 11) is 0. The van der Waals surface area contributed by atoms with Crippen molar-refractivity contribution in [3.8, 4) is 0 Å². The fourth-order valence-corrected chi connectivity index (χ4v) is 1.99. The molecule has 0 aromatic heterocycles. The Morgan fingerprint density at radius 2 is 2.29 bits per heavy atom. The van der Waals surface area contributed by atoms with Crippen LogP contribution in [0.3, 0.4) is 0 Å². The van der Waals surface area contributed by atoms with Gasteiger partial charge < -0.3 is 9.84 Å². The molecule has 1 saturated heterocycles. The second-order valence-corrected chi connectivity index (χ2v) is 4.26. The average molecular weight is 198 g/mol. The number of Topliss-reactive ketones (excluding diaryl/α,β-unsaturated/α-hetero) is 1. The smallest absolute Gasteiger partial charge is 0.319 e. The molecule has 1 aliphatic heterocycles. The van der Waals surface area contributed by atoms with Crippen molar-refractivity contribution in [2.24, 2.45) is 11.3 Å². The second-order valence-electron chi connectivity index (χ2n) is 4.26. The first-order valence-electron chi connectivity index (χ1n) is 4.99. The lowest BCUT2D eigenvalue weighted by molar-refractivity contribution is -0.165. The van der Waals surface area contributed by atoms with Crippen LogP contribution in [0.25, 0.3) is 0 Å². The molecule has 0 amide bonds. The third kappa shape index (κ3) is 1.54. The molecule has 0 aromatic carbocycles. The van der Waals surface area contributed by atoms with Gasteiger partial charge in [0.1, 0.15) is 5.41 Å². The summed E-state index contributed by atoms with van der Waals surface area (Å²) < 4.78 is 5.14. The zero-order valence-corrected chi connectivity index (χ0v) is 7.99. The topological polar surface area (TPSA) is 63.6 Å². The number of carbonyl (C=O) groups is 2. The molecule has 14 heavy (non-hydrogen) atoms. The highest BCUT2D eigenvalue weighted by Crippen LogP contribution is 2.42. The van der Waals surface area contributed by atoms with Crippen LogP contribution < -0.4 is 0 Å². The van der Waals surface area contributed by atoms with Gasteiger partial charge in [0.25, 0.3) is 0 Å². The van der Waals surface area contributed by atoms with Crippen molar-refractivity contribution in [2.75, 3.05) is 13.2 Å². The summed E-state index contributed by atoms with van der Waals surface area (Å²) >= 11 is 0. The van der Waals surface area contributed by atoms with E-state index in [1.165, 1.54) is 0 Å². The Bertz CT molecular complexity index is 269. The number of hydrogen-bond acceptors (Lipinski definition) is 3. The maximum Gasteiger partial charge on any atom is 0.319 e. The van der Waals surface area contributed by atoms with E-state index >= 15 is 0 Å². The SMILES string of the molecule is O=C(O)C1(CC2CC2)COCCC1=O. The Kier molecular flexibility index (Phi) is 2.31. The van der Waals surface area contributed by atoms with Crippen LogP contribution in [0, 0.1) is 11.3 Å². The third-order valence-corrected chi connectivity index (χ3v) is 3.10. The van der Waals surface area contributed by atoms with Gasteiger partial charge in [-0.3, -0.25) is 9.59 Å². The summed E-state index contributed by atoms with van der Waals surface area (Å²) in [6.07, 6.45) is 2.84. The highest BCUT2D eigenvalue weighted by atomic mass is 16.5. The Balaban J connectivity index is 2.17. The minimum atomic E-state index is -1.22. The fourth-order valence-electron chi connectivity index (χ4n) is 1.99. The highest BCUT2D eigenvalue weighted by molar-refractivity contribution is 6.03. The standard InChI is InChI=1S/C10H14O4/c11-8-3-4-14-6-10(8,9(12)13)5-7-1-2-7/h7H,1-6H2,(H,12,13). The second kappa shape index (κ2) is 3.35. The van der Waals surface area contributed by atoms with E-state index in [0.717, 1.165) is 12.8 Å². The molecule has 1 atom stereocenters. The van der Waals surface area contributed by atoms with Crippen molar-refractivity contribution in [3.05, 3.63) is 0 Å². The number of carbonyl (C=O) groups excluding carboxylic acids is 1. The first-order chi connectivity index (χ1) is 6.65. The van der Waals surface area contributed by atoms with Crippen molar-refractivity contribution < 1.29 is 19.4 Å². The molecular formula is C10H14O4. The lowest BCUT2D eigenvalue weighted by atomic mass is 9.77. The van der Waals surface area contributed by atoms with Crippen molar-refractivity contribution in [1.29, 1.82) is 0 Å². The maximum absolute atomic E-state index is 11.7. The number of carboxylic acid groups (broad SMARTS) is 1. The molecule has 0 radical (unpaired) electrons. The van der Waals surface area contributed by atoms with Crippen LogP contribution in [0.15, 0.2) is 0 Å². The Morgan fingerprint density at radius 3 is 2.79 bits per heavy atom. The van der Waals surface area contributed by atoms with E-state index in [0.29, 0.717) is 18.9 Å². The molecule has 2 fully saturated rings. The van der Waals surface area contributed by atoms with E-state index in [1.54, 1.807) is 0 Å². The van der Waals surface area contributed by atoms with Crippen LogP contribution in [0.4, 0.5) is 0 Å². The van der Waals surface area contributed by atoms with Gasteiger partial charge in [-0.15, -0.1) is 0 Å². The quantitative estimate of drug-likeness (QED) is 0.683. The summed E-state index contributed by atoms with van der Waals surface area (Å²) in [5.74, 6) is -0.728. The van der Waals surface area contributed by atoms with Gasteiger partial charge in [0, 0.05) is 6.42 Å². The number of ether oxygens (including phenoxy) is 1. The fraction of sp³-hybridized carbons (Fsp3) is 0.800. The van der Waals surface area contributed by atoms with Gasteiger partial charge >= 0.3 is 5.97 Å². The Labute approximate surface area is 82.2 Å². The summed E-state index contributed by atoms with van der Waals surface area (Å²) in [6, 6.07) is 0. The van der Waals surface area contributed by atoms with Crippen LogP contribution >= 0.6 is 0 Å². The zero-order chi connectivity index (χ0) is 10.2. The van der Waals surface area contributed by atoms with E-state index in [2.05, 4.69) is 0 Å². The lowest BCUT2D eigenvalue weighted by Crippen LogP contribution is -2.47. The Morgan fingerprint density at radius 1 is 1.57 bits per heavy atom. The number of carboxylic acids is 1. The zero-order valence-electron chi connectivity index (χ0n) is 7.99. The molecular weight excluding hydrogens is 184 g/mol. The van der Waals surface area contributed by atoms with Crippen LogP contribution in [0.2, 0.25) is 0 Å². The van der Waals surface area contributed by atoms with Gasteiger partial charge in [0.2, 0.25) is 0 Å². The summed E-state index contributed by atoms with van der Waals surface area (Å²) in [5.41, 5.74) is -1.22. The predicted molar refractivity (Wildman–Crippen MR) is 47.9 cm³/mol. The Hall–Kier alpha value is -0.900. The van der Waals surface area contributed by atoms with Crippen molar-refractivity contribution in [1.82, 2.24) is 0 Å². The maximum atomic E-state index is 11.7. The number of hydrogen-bond donors (Lipinski definition) is 1. The molecule has 1 unspecified atom stereocenters. The molecule has 78 valence electrons. The van der Waals surface area contributed by atoms with Crippen molar-refractivity contribution >= 4 is 11.8 Å². The van der Waals surface area contributed by atoms with Crippen molar-refractivity contribution in [3.63, 3.8) is 0 Å². The van der Waals surface area contributed by atoms with Gasteiger partial charge in [0.05, 0.1) is 13.2 Å². The first-order valence-corrected chi connectivity index (χ1v) is 4.99. The normalized spacial score (nSPS) is 33.0. The monoisotopic (exact) mass is 198 g/mol. The molecule has 1 heterocycles. The molecule has 0 spiro atoms. The summed E-state index contributed by atoms with van der Waals surface area (Å²) in [5, 5.41) is 9.14. The van der Waals surface area contributed by atoms with E-state index < -0.39 is 11.4 Å². The van der Waals surface area contributed by atoms with Crippen LogP contribution in [0.1, 0.15) is 25.7 Å². The van der Waals surface area contributed by atoms with Gasteiger partial charge in [-0.25, -0.2) is 0 Å². The molecule has 2 aliphatic rings. The molecule has 1 N–H and O–H groups in total. The van der Waals surface area contributed by atoms with Crippen LogP contribution in [0.5, 0.6) is 0 Å². The average Bonchev–Trinajstić information content (AvgIpc) is 2.92. The minimum absolute atomic E-state index is 0.0671. The van der Waals surface area contributed by atoms with E-state index in [9.17, 15) is 9.59 Å². The van der Waals surface area contributed by atoms with Gasteiger partial charge in [0.15, 0.2) is 5.78 Å². The molecule has 2 rings (SSSR count). The van der Waals surface area contributed by atoms with Gasteiger partial charge in [-0.2, -0.15) is 0 Å². The number of aliphatic carboxylic acids is 1. The van der Waals surface area contributed by atoms with Gasteiger partial charge in [-0.05, 0) is 12.3 Å². The van der Waals surface area contributed by atoms with Crippen molar-refractivity contribution in [2.45, 2.75) is 25.7 Å². The predicted octanol–water partition coefficient (Wildman–Crippen LogP) is 0.847. The minimum Gasteiger partial charge on any atom is -0.480 e. The summed E-state index contributed by atoms with van der Waals surface area (Å²) in [4.78, 5) is 22.8. The first kappa shape index (κ1) is 9.65. The molecule has 0 bridgehead atoms. The lowest BCUT2D eigenvalue weighted by Gasteiger charge is -2.31. The third-order valence-electron chi connectivity index (χ3n) is 3.10. The molecule has 1 saturated carbocycles. The van der Waals surface area contributed by atoms with Crippen LogP contribution in [-0.2, 0) is 14.3 Å². The highest BCUT2D eigenvalue weighted by Gasteiger charge is 2.50. The van der Waals surface area contributed by atoms with E-state index in [1.807, 2.05) is 0 Å². The van der Waals surface area contributed by atoms with Crippen LogP contribution in [-0.4, -0.2) is 30.1 Å². The largest absolute Gasteiger partial charge is 0.480 e. The van der Waals surface area contributed by atoms with E-state index in [4.69, 9.17) is 9.84 Å². The number of ketones is 1. The molecule has 4 nitrogen and oxygen atoms in total. The molecule has 4 heteroatoms.